The summed E-state index contributed by atoms with van der Waals surface area (Å²) in [5.41, 5.74) is 7.00. The summed E-state index contributed by atoms with van der Waals surface area (Å²) < 4.78 is 6.47. The molecule has 2 aromatic rings. The molecule has 0 saturated carbocycles. The first-order valence-electron chi connectivity index (χ1n) is 8.67. The molecule has 7 nitrogen and oxygen atoms in total. The Kier molecular flexibility index (Phi) is 8.01. The first-order chi connectivity index (χ1) is 13.3. The number of anilines is 1. The predicted octanol–water partition coefficient (Wildman–Crippen LogP) is 3.01. The molecule has 0 aliphatic heterocycles. The second-order valence-electron chi connectivity index (χ2n) is 6.17. The number of hydrazine groups is 1. The van der Waals surface area contributed by atoms with E-state index in [-0.39, 0.29) is 25.4 Å². The SMILES string of the molecule is Cc1cc(Br)cc(C)c1OCC(=O)NNC(=O)CCC(=O)Nc1ccccc1. The summed E-state index contributed by atoms with van der Waals surface area (Å²) >= 11 is 3.40. The van der Waals surface area contributed by atoms with Crippen molar-refractivity contribution in [2.75, 3.05) is 11.9 Å². The van der Waals surface area contributed by atoms with Crippen molar-refractivity contribution in [3.63, 3.8) is 0 Å². The van der Waals surface area contributed by atoms with Crippen molar-refractivity contribution in [3.8, 4) is 5.75 Å². The molecule has 0 spiro atoms. The van der Waals surface area contributed by atoms with Gasteiger partial charge in [-0.15, -0.1) is 0 Å². The van der Waals surface area contributed by atoms with Crippen molar-refractivity contribution in [2.45, 2.75) is 26.7 Å². The van der Waals surface area contributed by atoms with E-state index in [9.17, 15) is 14.4 Å². The number of ether oxygens (including phenoxy) is 1. The van der Waals surface area contributed by atoms with Crippen molar-refractivity contribution < 1.29 is 19.1 Å². The van der Waals surface area contributed by atoms with Crippen molar-refractivity contribution in [2.24, 2.45) is 0 Å². The van der Waals surface area contributed by atoms with Gasteiger partial charge in [-0.1, -0.05) is 34.1 Å². The lowest BCUT2D eigenvalue weighted by molar-refractivity contribution is -0.130. The molecular formula is C20H22BrN3O4. The van der Waals surface area contributed by atoms with E-state index in [4.69, 9.17) is 4.74 Å². The van der Waals surface area contributed by atoms with E-state index in [1.165, 1.54) is 0 Å². The highest BCUT2D eigenvalue weighted by Crippen LogP contribution is 2.27. The Balaban J connectivity index is 1.68. The fraction of sp³-hybridized carbons (Fsp3) is 0.250. The molecule has 0 fully saturated rings. The highest BCUT2D eigenvalue weighted by atomic mass is 79.9. The van der Waals surface area contributed by atoms with Crippen LogP contribution in [0.3, 0.4) is 0 Å². The molecule has 28 heavy (non-hydrogen) atoms. The van der Waals surface area contributed by atoms with Crippen LogP contribution in [0.15, 0.2) is 46.9 Å². The molecule has 0 atom stereocenters. The van der Waals surface area contributed by atoms with Gasteiger partial charge in [0.25, 0.3) is 5.91 Å². The number of carbonyl (C=O) groups excluding carboxylic acids is 3. The van der Waals surface area contributed by atoms with Gasteiger partial charge in [0.2, 0.25) is 11.8 Å². The lowest BCUT2D eigenvalue weighted by atomic mass is 10.1. The molecule has 0 heterocycles. The van der Waals surface area contributed by atoms with Gasteiger partial charge in [-0.3, -0.25) is 25.2 Å². The summed E-state index contributed by atoms with van der Waals surface area (Å²) in [6.45, 7) is 3.53. The number of carbonyl (C=O) groups is 3. The van der Waals surface area contributed by atoms with Crippen LogP contribution in [0.25, 0.3) is 0 Å². The van der Waals surface area contributed by atoms with E-state index in [0.29, 0.717) is 11.4 Å². The Hall–Kier alpha value is -2.87. The highest BCUT2D eigenvalue weighted by molar-refractivity contribution is 9.10. The molecule has 0 aliphatic rings. The highest BCUT2D eigenvalue weighted by Gasteiger charge is 2.11. The summed E-state index contributed by atoms with van der Waals surface area (Å²) in [4.78, 5) is 35.4. The Morgan fingerprint density at radius 3 is 2.11 bits per heavy atom. The van der Waals surface area contributed by atoms with Gasteiger partial charge in [0.05, 0.1) is 0 Å². The Bertz CT molecular complexity index is 833. The van der Waals surface area contributed by atoms with Gasteiger partial charge in [0.1, 0.15) is 5.75 Å². The maximum Gasteiger partial charge on any atom is 0.276 e. The quantitative estimate of drug-likeness (QED) is 0.568. The molecule has 0 bridgehead atoms. The smallest absolute Gasteiger partial charge is 0.276 e. The van der Waals surface area contributed by atoms with Gasteiger partial charge < -0.3 is 10.1 Å². The minimum Gasteiger partial charge on any atom is -0.483 e. The second-order valence-corrected chi connectivity index (χ2v) is 7.08. The second kappa shape index (κ2) is 10.5. The number of rotatable bonds is 7. The maximum atomic E-state index is 11.9. The summed E-state index contributed by atoms with van der Waals surface area (Å²) in [6.07, 6.45) is -0.0465. The average Bonchev–Trinajstić information content (AvgIpc) is 2.64. The van der Waals surface area contributed by atoms with Gasteiger partial charge in [-0.25, -0.2) is 0 Å². The molecule has 3 N–H and O–H groups in total. The minimum absolute atomic E-state index is 0.00435. The van der Waals surface area contributed by atoms with Crippen LogP contribution in [0.2, 0.25) is 0 Å². The van der Waals surface area contributed by atoms with E-state index in [1.807, 2.05) is 32.0 Å². The van der Waals surface area contributed by atoms with Crippen molar-refractivity contribution in [1.82, 2.24) is 10.9 Å². The molecule has 8 heteroatoms. The monoisotopic (exact) mass is 447 g/mol. The predicted molar refractivity (Wildman–Crippen MR) is 110 cm³/mol. The van der Waals surface area contributed by atoms with E-state index in [1.54, 1.807) is 24.3 Å². The molecule has 2 rings (SSSR count). The van der Waals surface area contributed by atoms with Crippen LogP contribution in [0.5, 0.6) is 5.75 Å². The maximum absolute atomic E-state index is 11.9. The van der Waals surface area contributed by atoms with Crippen LogP contribution < -0.4 is 20.9 Å². The largest absolute Gasteiger partial charge is 0.483 e. The van der Waals surface area contributed by atoms with Gasteiger partial charge in [-0.05, 0) is 49.2 Å². The van der Waals surface area contributed by atoms with Crippen molar-refractivity contribution in [3.05, 3.63) is 58.1 Å². The molecule has 0 aromatic heterocycles. The third-order valence-corrected chi connectivity index (χ3v) is 4.21. The standard InChI is InChI=1S/C20H22BrN3O4/c1-13-10-15(21)11-14(2)20(13)28-12-19(27)24-23-18(26)9-8-17(25)22-16-6-4-3-5-7-16/h3-7,10-11H,8-9,12H2,1-2H3,(H,22,25)(H,23,26)(H,24,27). The van der Waals surface area contributed by atoms with Gasteiger partial charge in [0.15, 0.2) is 6.61 Å². The summed E-state index contributed by atoms with van der Waals surface area (Å²) in [5.74, 6) is -0.615. The van der Waals surface area contributed by atoms with Crippen LogP contribution >= 0.6 is 15.9 Å². The van der Waals surface area contributed by atoms with E-state index in [2.05, 4.69) is 32.1 Å². The molecule has 148 valence electrons. The molecular weight excluding hydrogens is 426 g/mol. The first kappa shape index (κ1) is 21.4. The number of hydrogen-bond donors (Lipinski definition) is 3. The third-order valence-electron chi connectivity index (χ3n) is 3.75. The zero-order valence-corrected chi connectivity index (χ0v) is 17.3. The Morgan fingerprint density at radius 2 is 1.46 bits per heavy atom. The lowest BCUT2D eigenvalue weighted by Gasteiger charge is -2.13. The molecule has 0 aliphatic carbocycles. The molecule has 3 amide bonds. The van der Waals surface area contributed by atoms with Crippen LogP contribution in [0, 0.1) is 13.8 Å². The molecule has 2 aromatic carbocycles. The normalized spacial score (nSPS) is 10.1. The van der Waals surface area contributed by atoms with Gasteiger partial charge in [-0.2, -0.15) is 0 Å². The number of aryl methyl sites for hydroxylation is 2. The summed E-state index contributed by atoms with van der Waals surface area (Å²) in [7, 11) is 0. The number of nitrogens with one attached hydrogen (secondary N) is 3. The van der Waals surface area contributed by atoms with E-state index >= 15 is 0 Å². The Morgan fingerprint density at radius 1 is 0.893 bits per heavy atom. The Labute approximate surface area is 171 Å². The third kappa shape index (κ3) is 7.03. The lowest BCUT2D eigenvalue weighted by Crippen LogP contribution is -2.44. The summed E-state index contributed by atoms with van der Waals surface area (Å²) in [6, 6.07) is 12.7. The molecule has 0 unspecified atom stereocenters. The van der Waals surface area contributed by atoms with Gasteiger partial charge >= 0.3 is 0 Å². The fourth-order valence-corrected chi connectivity index (χ4v) is 3.16. The number of benzene rings is 2. The van der Waals surface area contributed by atoms with Crippen LogP contribution in [0.1, 0.15) is 24.0 Å². The zero-order chi connectivity index (χ0) is 20.5. The summed E-state index contributed by atoms with van der Waals surface area (Å²) in [5, 5.41) is 2.69. The zero-order valence-electron chi connectivity index (χ0n) is 15.7. The molecule has 0 saturated heterocycles. The molecule has 0 radical (unpaired) electrons. The van der Waals surface area contributed by atoms with E-state index < -0.39 is 11.8 Å². The van der Waals surface area contributed by atoms with E-state index in [0.717, 1.165) is 15.6 Å². The van der Waals surface area contributed by atoms with Crippen LogP contribution in [-0.2, 0) is 14.4 Å². The minimum atomic E-state index is -0.496. The number of halogens is 1. The first-order valence-corrected chi connectivity index (χ1v) is 9.46. The van der Waals surface area contributed by atoms with Crippen LogP contribution in [-0.4, -0.2) is 24.3 Å². The number of hydrogen-bond acceptors (Lipinski definition) is 4. The fourth-order valence-electron chi connectivity index (χ4n) is 2.47. The van der Waals surface area contributed by atoms with Crippen molar-refractivity contribution in [1.29, 1.82) is 0 Å². The van der Waals surface area contributed by atoms with Crippen LogP contribution in [0.4, 0.5) is 5.69 Å². The number of para-hydroxylation sites is 1. The number of amides is 3. The average molecular weight is 448 g/mol. The van der Waals surface area contributed by atoms with Gasteiger partial charge in [0, 0.05) is 23.0 Å². The van der Waals surface area contributed by atoms with Crippen molar-refractivity contribution >= 4 is 39.3 Å². The topological polar surface area (TPSA) is 96.5 Å².